The smallest absolute Gasteiger partial charge is 0.408 e. The summed E-state index contributed by atoms with van der Waals surface area (Å²) >= 11 is 4.42. The Bertz CT molecular complexity index is 1380. The monoisotopic (exact) mass is 605 g/mol. The fraction of sp³-hybridized carbons (Fsp3) is 0.457. The predicted octanol–water partition coefficient (Wildman–Crippen LogP) is 7.76. The van der Waals surface area contributed by atoms with E-state index in [-0.39, 0.29) is 17.6 Å². The lowest BCUT2D eigenvalue weighted by molar-refractivity contribution is -0.140. The predicted molar refractivity (Wildman–Crippen MR) is 179 cm³/mol. The second kappa shape index (κ2) is 15.8. The van der Waals surface area contributed by atoms with Gasteiger partial charge in [-0.15, -0.1) is 0 Å². The molecular formula is C35H47N3O4S. The van der Waals surface area contributed by atoms with E-state index in [1.807, 2.05) is 74.5 Å². The van der Waals surface area contributed by atoms with Crippen LogP contribution in [0.25, 0.3) is 10.8 Å². The third-order valence-electron chi connectivity index (χ3n) is 7.35. The molecule has 0 fully saturated rings. The molecule has 3 aromatic carbocycles. The summed E-state index contributed by atoms with van der Waals surface area (Å²) in [5, 5.41) is 7.87. The average molecular weight is 606 g/mol. The van der Waals surface area contributed by atoms with Crippen LogP contribution in [0, 0.1) is 13.8 Å². The highest BCUT2D eigenvalue weighted by Gasteiger charge is 2.37. The number of nitrogens with one attached hydrogen (secondary N) is 2. The molecule has 43 heavy (non-hydrogen) atoms. The van der Waals surface area contributed by atoms with Gasteiger partial charge in [-0.2, -0.15) is 12.6 Å². The fourth-order valence-corrected chi connectivity index (χ4v) is 5.50. The Labute approximate surface area is 262 Å². The van der Waals surface area contributed by atoms with E-state index in [0.717, 1.165) is 59.6 Å². The fourth-order valence-electron chi connectivity index (χ4n) is 5.25. The standard InChI is InChI=1S/C35H47N3O4S/c1-7-8-9-10-13-21-38(33(40)29(23-43)37-34(41)42-35(4,5)6)31(30-24(2)15-14-16-25(30)3)32(39)36-28-20-19-26-17-11-12-18-27(26)22-28/h11-12,14-20,22,29,31,43H,7-10,13,21,23H2,1-6H3,(H,36,39)(H,37,41). The summed E-state index contributed by atoms with van der Waals surface area (Å²) in [6.07, 6.45) is 4.20. The molecule has 2 atom stereocenters. The number of ether oxygens (including phenoxy) is 1. The lowest BCUT2D eigenvalue weighted by Gasteiger charge is -2.35. The Hall–Kier alpha value is -3.52. The zero-order chi connectivity index (χ0) is 31.6. The highest BCUT2D eigenvalue weighted by atomic mass is 32.1. The van der Waals surface area contributed by atoms with Crippen LogP contribution in [0.3, 0.4) is 0 Å². The van der Waals surface area contributed by atoms with E-state index in [1.165, 1.54) is 0 Å². The van der Waals surface area contributed by atoms with Crippen LogP contribution in [0.4, 0.5) is 10.5 Å². The van der Waals surface area contributed by atoms with Crippen LogP contribution < -0.4 is 10.6 Å². The number of fused-ring (bicyclic) bond motifs is 1. The first-order valence-corrected chi connectivity index (χ1v) is 15.8. The van der Waals surface area contributed by atoms with Crippen LogP contribution >= 0.6 is 12.6 Å². The van der Waals surface area contributed by atoms with E-state index in [9.17, 15) is 14.4 Å². The van der Waals surface area contributed by atoms with Crippen molar-refractivity contribution in [1.29, 1.82) is 0 Å². The number of nitrogens with zero attached hydrogens (tertiary/aromatic N) is 1. The molecule has 0 saturated heterocycles. The molecule has 0 spiro atoms. The third-order valence-corrected chi connectivity index (χ3v) is 7.72. The number of anilines is 1. The van der Waals surface area contributed by atoms with Crippen molar-refractivity contribution >= 4 is 47.0 Å². The van der Waals surface area contributed by atoms with Gasteiger partial charge in [-0.25, -0.2) is 4.79 Å². The quantitative estimate of drug-likeness (QED) is 0.137. The Morgan fingerprint density at radius 2 is 1.53 bits per heavy atom. The summed E-state index contributed by atoms with van der Waals surface area (Å²) in [6, 6.07) is 17.7. The molecule has 2 unspecified atom stereocenters. The van der Waals surface area contributed by atoms with Gasteiger partial charge < -0.3 is 20.3 Å². The minimum absolute atomic E-state index is 0.0518. The van der Waals surface area contributed by atoms with Gasteiger partial charge in [0.15, 0.2) is 0 Å². The lowest BCUT2D eigenvalue weighted by Crippen LogP contribution is -2.53. The van der Waals surface area contributed by atoms with Gasteiger partial charge in [0.2, 0.25) is 5.91 Å². The van der Waals surface area contributed by atoms with E-state index in [2.05, 4.69) is 30.2 Å². The SMILES string of the molecule is CCCCCCCN(C(=O)C(CS)NC(=O)OC(C)(C)C)C(C(=O)Nc1ccc2ccccc2c1)c1c(C)cccc1C. The molecule has 0 aliphatic carbocycles. The Morgan fingerprint density at radius 3 is 2.16 bits per heavy atom. The van der Waals surface area contributed by atoms with Crippen molar-refractivity contribution in [3.8, 4) is 0 Å². The lowest BCUT2D eigenvalue weighted by atomic mass is 9.93. The molecule has 232 valence electrons. The molecule has 0 aromatic heterocycles. The Morgan fingerprint density at radius 1 is 0.884 bits per heavy atom. The van der Waals surface area contributed by atoms with Crippen molar-refractivity contribution in [2.24, 2.45) is 0 Å². The maximum absolute atomic E-state index is 14.3. The minimum atomic E-state index is -0.978. The maximum Gasteiger partial charge on any atom is 0.408 e. The summed E-state index contributed by atoms with van der Waals surface area (Å²) in [6.45, 7) is 11.7. The van der Waals surface area contributed by atoms with Crippen molar-refractivity contribution in [2.75, 3.05) is 17.6 Å². The van der Waals surface area contributed by atoms with Gasteiger partial charge in [0.05, 0.1) is 0 Å². The first kappa shape index (κ1) is 34.0. The zero-order valence-electron chi connectivity index (χ0n) is 26.4. The second-order valence-corrected chi connectivity index (χ2v) is 12.5. The molecule has 3 amide bonds. The Kier molecular flexibility index (Phi) is 12.5. The van der Waals surface area contributed by atoms with Gasteiger partial charge in [0.1, 0.15) is 17.7 Å². The van der Waals surface area contributed by atoms with E-state index in [4.69, 9.17) is 4.74 Å². The van der Waals surface area contributed by atoms with Crippen molar-refractivity contribution < 1.29 is 19.1 Å². The number of carbonyl (C=O) groups excluding carboxylic acids is 3. The maximum atomic E-state index is 14.3. The van der Waals surface area contributed by atoms with E-state index < -0.39 is 23.8 Å². The molecule has 0 heterocycles. The molecule has 8 heteroatoms. The first-order chi connectivity index (χ1) is 20.4. The molecule has 0 saturated carbocycles. The number of carbonyl (C=O) groups is 3. The van der Waals surface area contributed by atoms with Crippen molar-refractivity contribution in [1.82, 2.24) is 10.2 Å². The van der Waals surface area contributed by atoms with E-state index >= 15 is 0 Å². The number of rotatable bonds is 13. The highest BCUT2D eigenvalue weighted by Crippen LogP contribution is 2.31. The molecular weight excluding hydrogens is 558 g/mol. The molecule has 3 rings (SSSR count). The number of aryl methyl sites for hydroxylation is 2. The number of benzene rings is 3. The number of thiol groups is 1. The minimum Gasteiger partial charge on any atom is -0.444 e. The van der Waals surface area contributed by atoms with Gasteiger partial charge in [0, 0.05) is 18.0 Å². The highest BCUT2D eigenvalue weighted by molar-refractivity contribution is 7.80. The third kappa shape index (κ3) is 9.75. The molecule has 0 aliphatic heterocycles. The number of amides is 3. The van der Waals surface area contributed by atoms with Crippen molar-refractivity contribution in [3.05, 3.63) is 77.4 Å². The van der Waals surface area contributed by atoms with Crippen molar-refractivity contribution in [3.63, 3.8) is 0 Å². The van der Waals surface area contributed by atoms with Crippen LogP contribution in [-0.2, 0) is 14.3 Å². The molecule has 7 nitrogen and oxygen atoms in total. The summed E-state index contributed by atoms with van der Waals surface area (Å²) < 4.78 is 5.44. The summed E-state index contributed by atoms with van der Waals surface area (Å²) in [4.78, 5) is 42.9. The van der Waals surface area contributed by atoms with Gasteiger partial charge in [-0.1, -0.05) is 81.1 Å². The van der Waals surface area contributed by atoms with Gasteiger partial charge in [-0.3, -0.25) is 9.59 Å². The van der Waals surface area contributed by atoms with Crippen LogP contribution in [-0.4, -0.2) is 46.7 Å². The summed E-state index contributed by atoms with van der Waals surface area (Å²) in [7, 11) is 0. The van der Waals surface area contributed by atoms with Crippen LogP contribution in [0.5, 0.6) is 0 Å². The van der Waals surface area contributed by atoms with Gasteiger partial charge >= 0.3 is 6.09 Å². The van der Waals surface area contributed by atoms with Crippen LogP contribution in [0.1, 0.15) is 82.5 Å². The van der Waals surface area contributed by atoms with E-state index in [0.29, 0.717) is 12.2 Å². The number of unbranched alkanes of at least 4 members (excludes halogenated alkanes) is 4. The van der Waals surface area contributed by atoms with Crippen molar-refractivity contribution in [2.45, 2.75) is 91.3 Å². The van der Waals surface area contributed by atoms with Crippen LogP contribution in [0.2, 0.25) is 0 Å². The number of alkyl carbamates (subject to hydrolysis) is 1. The number of hydrogen-bond acceptors (Lipinski definition) is 5. The van der Waals surface area contributed by atoms with Crippen LogP contribution in [0.15, 0.2) is 60.7 Å². The normalized spacial score (nSPS) is 12.8. The molecule has 2 N–H and O–H groups in total. The summed E-state index contributed by atoms with van der Waals surface area (Å²) in [5.74, 6) is -0.640. The zero-order valence-corrected chi connectivity index (χ0v) is 27.3. The second-order valence-electron chi connectivity index (χ2n) is 12.1. The largest absolute Gasteiger partial charge is 0.444 e. The van der Waals surface area contributed by atoms with Gasteiger partial charge in [0.25, 0.3) is 5.91 Å². The van der Waals surface area contributed by atoms with Gasteiger partial charge in [-0.05, 0) is 80.6 Å². The van der Waals surface area contributed by atoms with E-state index in [1.54, 1.807) is 25.7 Å². The topological polar surface area (TPSA) is 87.7 Å². The molecule has 0 bridgehead atoms. The average Bonchev–Trinajstić information content (AvgIpc) is 2.95. The molecule has 0 radical (unpaired) electrons. The molecule has 0 aliphatic rings. The number of hydrogen-bond donors (Lipinski definition) is 3. The summed E-state index contributed by atoms with van der Waals surface area (Å²) in [5.41, 5.74) is 2.51. The first-order valence-electron chi connectivity index (χ1n) is 15.2. The Balaban J connectivity index is 2.03. The molecule has 3 aromatic rings.